The van der Waals surface area contributed by atoms with Crippen LogP contribution in [0, 0.1) is 0 Å². The lowest BCUT2D eigenvalue weighted by molar-refractivity contribution is 0.0693. The zero-order chi connectivity index (χ0) is 15.5. The monoisotopic (exact) mass is 323 g/mol. The van der Waals surface area contributed by atoms with Gasteiger partial charge in [0.25, 0.3) is 0 Å². The predicted octanol–water partition coefficient (Wildman–Crippen LogP) is 2.32. The highest BCUT2D eigenvalue weighted by molar-refractivity contribution is 7.98. The van der Waals surface area contributed by atoms with Gasteiger partial charge in [0.2, 0.25) is 10.0 Å². The Morgan fingerprint density at radius 1 is 1.14 bits per heavy atom. The zero-order valence-corrected chi connectivity index (χ0v) is 12.5. The van der Waals surface area contributed by atoms with Crippen molar-refractivity contribution in [1.29, 1.82) is 0 Å². The number of nitrogens with two attached hydrogens (primary N) is 1. The number of aromatic carboxylic acids is 1. The maximum Gasteiger partial charge on any atom is 0.336 e. The summed E-state index contributed by atoms with van der Waals surface area (Å²) >= 11 is 1.33. The molecule has 0 aliphatic rings. The van der Waals surface area contributed by atoms with Gasteiger partial charge in [-0.25, -0.2) is 18.4 Å². The maximum absolute atomic E-state index is 11.3. The molecule has 7 heteroatoms. The topological polar surface area (TPSA) is 97.5 Å². The number of hydrogen-bond acceptors (Lipinski definition) is 4. The van der Waals surface area contributed by atoms with Crippen molar-refractivity contribution in [3.05, 3.63) is 59.7 Å². The lowest BCUT2D eigenvalue weighted by Crippen LogP contribution is -2.13. The molecule has 0 radical (unpaired) electrons. The van der Waals surface area contributed by atoms with E-state index < -0.39 is 16.0 Å². The average Bonchev–Trinajstić information content (AvgIpc) is 2.45. The van der Waals surface area contributed by atoms with Crippen molar-refractivity contribution in [3.8, 4) is 0 Å². The van der Waals surface area contributed by atoms with Gasteiger partial charge in [-0.15, -0.1) is 11.8 Å². The summed E-state index contributed by atoms with van der Waals surface area (Å²) < 4.78 is 22.6. The van der Waals surface area contributed by atoms with Crippen LogP contribution in [0.5, 0.6) is 0 Å². The highest BCUT2D eigenvalue weighted by Gasteiger charge is 2.16. The summed E-state index contributed by atoms with van der Waals surface area (Å²) in [5.74, 6) is -0.591. The third-order valence-corrected chi connectivity index (χ3v) is 4.80. The molecular weight excluding hydrogens is 310 g/mol. The van der Waals surface area contributed by atoms with Gasteiger partial charge in [0, 0.05) is 10.6 Å². The molecule has 0 saturated heterocycles. The Kier molecular flexibility index (Phi) is 4.66. The summed E-state index contributed by atoms with van der Waals surface area (Å²) in [6, 6.07) is 13.4. The summed E-state index contributed by atoms with van der Waals surface area (Å²) in [7, 11) is -3.92. The number of carboxylic acids is 1. The molecule has 0 spiro atoms. The molecule has 0 aliphatic carbocycles. The van der Waals surface area contributed by atoms with Gasteiger partial charge >= 0.3 is 5.97 Å². The Morgan fingerprint density at radius 3 is 2.38 bits per heavy atom. The molecule has 2 rings (SSSR count). The van der Waals surface area contributed by atoms with Crippen LogP contribution in [0.25, 0.3) is 0 Å². The first-order chi connectivity index (χ1) is 9.88. The van der Waals surface area contributed by atoms with Crippen LogP contribution in [0.3, 0.4) is 0 Å². The number of sulfonamides is 1. The summed E-state index contributed by atoms with van der Waals surface area (Å²) in [6.45, 7) is 0. The minimum Gasteiger partial charge on any atom is -0.478 e. The lowest BCUT2D eigenvalue weighted by atomic mass is 10.2. The second-order valence-corrected chi connectivity index (χ2v) is 6.86. The second-order valence-electron chi connectivity index (χ2n) is 4.28. The Hall–Kier alpha value is -1.83. The third-order valence-electron chi connectivity index (χ3n) is 2.75. The molecule has 0 aromatic heterocycles. The number of rotatable bonds is 5. The molecule has 0 amide bonds. The smallest absolute Gasteiger partial charge is 0.336 e. The highest BCUT2D eigenvalue weighted by Crippen LogP contribution is 2.28. The largest absolute Gasteiger partial charge is 0.478 e. The summed E-state index contributed by atoms with van der Waals surface area (Å²) in [6.07, 6.45) is 0. The van der Waals surface area contributed by atoms with Crippen LogP contribution in [0.1, 0.15) is 15.9 Å². The third kappa shape index (κ3) is 4.07. The van der Waals surface area contributed by atoms with Crippen molar-refractivity contribution in [3.63, 3.8) is 0 Å². The van der Waals surface area contributed by atoms with E-state index in [-0.39, 0.29) is 10.5 Å². The number of primary sulfonamides is 1. The Bertz CT molecular complexity index is 758. The van der Waals surface area contributed by atoms with Crippen LogP contribution >= 0.6 is 11.8 Å². The first-order valence-electron chi connectivity index (χ1n) is 5.95. The number of carbonyl (C=O) groups is 1. The Balaban J connectivity index is 2.29. The number of benzene rings is 2. The van der Waals surface area contributed by atoms with Crippen molar-refractivity contribution in [2.24, 2.45) is 5.14 Å². The highest BCUT2D eigenvalue weighted by atomic mass is 32.2. The molecule has 0 bridgehead atoms. The van der Waals surface area contributed by atoms with Crippen molar-refractivity contribution >= 4 is 27.8 Å². The number of thioether (sulfide) groups is 1. The van der Waals surface area contributed by atoms with Gasteiger partial charge in [0.05, 0.1) is 10.5 Å². The van der Waals surface area contributed by atoms with Crippen molar-refractivity contribution < 1.29 is 18.3 Å². The molecule has 21 heavy (non-hydrogen) atoms. The molecule has 5 nitrogen and oxygen atoms in total. The number of carboxylic acid groups (broad SMARTS) is 1. The van der Waals surface area contributed by atoms with Crippen LogP contribution < -0.4 is 5.14 Å². The fraction of sp³-hybridized carbons (Fsp3) is 0.0714. The van der Waals surface area contributed by atoms with Crippen LogP contribution in [0.15, 0.2) is 58.3 Å². The van der Waals surface area contributed by atoms with Crippen LogP contribution in [-0.4, -0.2) is 19.5 Å². The fourth-order valence-electron chi connectivity index (χ4n) is 1.71. The van der Waals surface area contributed by atoms with Gasteiger partial charge in [0.15, 0.2) is 0 Å². The van der Waals surface area contributed by atoms with Crippen LogP contribution in [-0.2, 0) is 15.8 Å². The van der Waals surface area contributed by atoms with Crippen LogP contribution in [0.4, 0.5) is 0 Å². The van der Waals surface area contributed by atoms with E-state index in [1.807, 2.05) is 30.3 Å². The first-order valence-corrected chi connectivity index (χ1v) is 8.48. The molecule has 0 aliphatic heterocycles. The van der Waals surface area contributed by atoms with Crippen molar-refractivity contribution in [1.82, 2.24) is 0 Å². The van der Waals surface area contributed by atoms with E-state index in [2.05, 4.69) is 0 Å². The molecule has 0 saturated carbocycles. The van der Waals surface area contributed by atoms with Gasteiger partial charge in [-0.05, 0) is 23.8 Å². The first kappa shape index (κ1) is 15.6. The van der Waals surface area contributed by atoms with E-state index in [9.17, 15) is 18.3 Å². The minimum absolute atomic E-state index is 0.0672. The molecule has 2 aromatic carbocycles. The SMILES string of the molecule is NS(=O)(=O)c1ccc(SCc2ccccc2)c(C(=O)O)c1. The summed E-state index contributed by atoms with van der Waals surface area (Å²) in [5.41, 5.74) is 0.983. The molecule has 0 heterocycles. The molecule has 0 unspecified atom stereocenters. The summed E-state index contributed by atoms with van der Waals surface area (Å²) in [4.78, 5) is 11.6. The molecule has 2 aromatic rings. The minimum atomic E-state index is -3.92. The van der Waals surface area contributed by atoms with E-state index >= 15 is 0 Å². The molecule has 110 valence electrons. The van der Waals surface area contributed by atoms with Gasteiger partial charge in [-0.3, -0.25) is 0 Å². The molecule has 0 fully saturated rings. The van der Waals surface area contributed by atoms with E-state index in [1.165, 1.54) is 23.9 Å². The van der Waals surface area contributed by atoms with E-state index in [1.54, 1.807) is 0 Å². The van der Waals surface area contributed by atoms with Gasteiger partial charge in [-0.1, -0.05) is 30.3 Å². The predicted molar refractivity (Wildman–Crippen MR) is 80.8 cm³/mol. The van der Waals surface area contributed by atoms with Crippen molar-refractivity contribution in [2.45, 2.75) is 15.5 Å². The van der Waals surface area contributed by atoms with E-state index in [0.29, 0.717) is 10.6 Å². The normalized spacial score (nSPS) is 11.3. The molecular formula is C14H13NO4S2. The number of hydrogen-bond donors (Lipinski definition) is 2. The molecule has 3 N–H and O–H groups in total. The second kappa shape index (κ2) is 6.30. The van der Waals surface area contributed by atoms with E-state index in [4.69, 9.17) is 5.14 Å². The van der Waals surface area contributed by atoms with Gasteiger partial charge in [-0.2, -0.15) is 0 Å². The van der Waals surface area contributed by atoms with Gasteiger partial charge in [0.1, 0.15) is 0 Å². The standard InChI is InChI=1S/C14H13NO4S2/c15-21(18,19)11-6-7-13(12(8-11)14(16)17)20-9-10-4-2-1-3-5-10/h1-8H,9H2,(H,16,17)(H2,15,18,19). The maximum atomic E-state index is 11.3. The fourth-order valence-corrected chi connectivity index (χ4v) is 3.23. The quantitative estimate of drug-likeness (QED) is 0.823. The van der Waals surface area contributed by atoms with Crippen molar-refractivity contribution in [2.75, 3.05) is 0 Å². The van der Waals surface area contributed by atoms with E-state index in [0.717, 1.165) is 11.6 Å². The lowest BCUT2D eigenvalue weighted by Gasteiger charge is -2.08. The van der Waals surface area contributed by atoms with Crippen LogP contribution in [0.2, 0.25) is 0 Å². The Labute approximate surface area is 126 Å². The zero-order valence-electron chi connectivity index (χ0n) is 10.9. The Morgan fingerprint density at radius 2 is 1.81 bits per heavy atom. The molecule has 0 atom stereocenters. The average molecular weight is 323 g/mol. The van der Waals surface area contributed by atoms with Gasteiger partial charge < -0.3 is 5.11 Å². The summed E-state index contributed by atoms with van der Waals surface area (Å²) in [5, 5.41) is 14.2.